The van der Waals surface area contributed by atoms with Gasteiger partial charge in [-0.25, -0.2) is 0 Å². The van der Waals surface area contributed by atoms with Gasteiger partial charge in [-0.3, -0.25) is 9.59 Å². The van der Waals surface area contributed by atoms with Crippen LogP contribution in [0.4, 0.5) is 0 Å². The van der Waals surface area contributed by atoms with Crippen LogP contribution in [0.25, 0.3) is 10.9 Å². The zero-order chi connectivity index (χ0) is 15.1. The number of pyridine rings is 1. The number of aromatic amines is 1. The van der Waals surface area contributed by atoms with Crippen LogP contribution < -0.4 is 5.56 Å². The third-order valence-corrected chi connectivity index (χ3v) is 4.09. The van der Waals surface area contributed by atoms with Crippen molar-refractivity contribution in [1.29, 1.82) is 0 Å². The van der Waals surface area contributed by atoms with Gasteiger partial charge in [0.1, 0.15) is 0 Å². The van der Waals surface area contributed by atoms with E-state index in [4.69, 9.17) is 0 Å². The van der Waals surface area contributed by atoms with Gasteiger partial charge in [0.05, 0.1) is 17.7 Å². The first-order chi connectivity index (χ1) is 10.7. The van der Waals surface area contributed by atoms with E-state index in [0.717, 1.165) is 10.9 Å². The quantitative estimate of drug-likeness (QED) is 0.789. The van der Waals surface area contributed by atoms with Crippen molar-refractivity contribution in [3.05, 3.63) is 81.6 Å². The molecule has 1 aliphatic rings. The number of nitrogens with zero attached hydrogens (tertiary/aromatic N) is 1. The molecule has 4 nitrogen and oxygen atoms in total. The summed E-state index contributed by atoms with van der Waals surface area (Å²) in [6.45, 7) is 0.880. The summed E-state index contributed by atoms with van der Waals surface area (Å²) >= 11 is 0. The number of nitrogens with one attached hydrogen (secondary N) is 1. The predicted molar refractivity (Wildman–Crippen MR) is 84.6 cm³/mol. The van der Waals surface area contributed by atoms with Gasteiger partial charge in [0.25, 0.3) is 11.5 Å². The summed E-state index contributed by atoms with van der Waals surface area (Å²) < 4.78 is 0. The molecule has 108 valence electrons. The fourth-order valence-corrected chi connectivity index (χ4v) is 3.03. The average molecular weight is 290 g/mol. The summed E-state index contributed by atoms with van der Waals surface area (Å²) in [6.07, 6.45) is 0. The molecular formula is C18H14N2O2. The lowest BCUT2D eigenvalue weighted by Gasteiger charge is -2.15. The van der Waals surface area contributed by atoms with E-state index in [2.05, 4.69) is 4.98 Å². The van der Waals surface area contributed by atoms with E-state index < -0.39 is 0 Å². The van der Waals surface area contributed by atoms with Crippen LogP contribution >= 0.6 is 0 Å². The summed E-state index contributed by atoms with van der Waals surface area (Å²) in [7, 11) is 0. The van der Waals surface area contributed by atoms with E-state index in [1.807, 2.05) is 54.6 Å². The molecule has 0 unspecified atom stereocenters. The molecule has 0 bridgehead atoms. The molecule has 2 heterocycles. The lowest BCUT2D eigenvalue weighted by Crippen LogP contribution is -2.23. The first-order valence-electron chi connectivity index (χ1n) is 7.21. The molecule has 0 saturated carbocycles. The van der Waals surface area contributed by atoms with Crippen molar-refractivity contribution in [3.63, 3.8) is 0 Å². The fraction of sp³-hybridized carbons (Fsp3) is 0.111. The van der Waals surface area contributed by atoms with E-state index in [1.165, 1.54) is 0 Å². The molecule has 3 aromatic rings. The topological polar surface area (TPSA) is 53.2 Å². The fourth-order valence-electron chi connectivity index (χ4n) is 3.03. The number of carbonyl (C=O) groups excluding carboxylic acids is 1. The van der Waals surface area contributed by atoms with Crippen LogP contribution in [0.1, 0.15) is 21.5 Å². The molecule has 1 aliphatic heterocycles. The molecule has 0 radical (unpaired) electrons. The Morgan fingerprint density at radius 1 is 0.955 bits per heavy atom. The van der Waals surface area contributed by atoms with Gasteiger partial charge < -0.3 is 9.88 Å². The normalized spacial score (nSPS) is 13.6. The number of H-pyrrole nitrogens is 1. The second-order valence-corrected chi connectivity index (χ2v) is 5.50. The number of carbonyl (C=O) groups is 1. The third kappa shape index (κ3) is 1.92. The minimum absolute atomic E-state index is 0.0684. The van der Waals surface area contributed by atoms with E-state index in [1.54, 1.807) is 4.90 Å². The van der Waals surface area contributed by atoms with E-state index in [-0.39, 0.29) is 11.5 Å². The minimum Gasteiger partial charge on any atom is -0.330 e. The highest BCUT2D eigenvalue weighted by Gasteiger charge is 2.31. The Balaban J connectivity index is 1.80. The zero-order valence-corrected chi connectivity index (χ0v) is 11.9. The number of benzene rings is 2. The second kappa shape index (κ2) is 4.84. The second-order valence-electron chi connectivity index (χ2n) is 5.50. The number of rotatable bonds is 2. The molecule has 22 heavy (non-hydrogen) atoms. The van der Waals surface area contributed by atoms with Crippen LogP contribution in [0.2, 0.25) is 0 Å². The Kier molecular flexibility index (Phi) is 2.82. The van der Waals surface area contributed by atoms with Gasteiger partial charge in [-0.1, -0.05) is 48.5 Å². The maximum absolute atomic E-state index is 12.7. The van der Waals surface area contributed by atoms with Crippen molar-refractivity contribution in [1.82, 2.24) is 9.88 Å². The van der Waals surface area contributed by atoms with Gasteiger partial charge in [0, 0.05) is 17.4 Å². The molecular weight excluding hydrogens is 276 g/mol. The van der Waals surface area contributed by atoms with Crippen molar-refractivity contribution >= 4 is 16.8 Å². The van der Waals surface area contributed by atoms with Crippen LogP contribution in [0.5, 0.6) is 0 Å². The van der Waals surface area contributed by atoms with Crippen molar-refractivity contribution in [2.75, 3.05) is 0 Å². The number of aromatic nitrogens is 1. The Labute approximate surface area is 127 Å². The number of hydrogen-bond acceptors (Lipinski definition) is 2. The van der Waals surface area contributed by atoms with Gasteiger partial charge in [0.15, 0.2) is 0 Å². The van der Waals surface area contributed by atoms with Crippen LogP contribution in [0.3, 0.4) is 0 Å². The average Bonchev–Trinajstić information content (AvgIpc) is 2.87. The molecule has 0 spiro atoms. The Bertz CT molecular complexity index is 929. The monoisotopic (exact) mass is 290 g/mol. The summed E-state index contributed by atoms with van der Waals surface area (Å²) in [5.74, 6) is -0.0684. The molecule has 4 rings (SSSR count). The largest absolute Gasteiger partial charge is 0.330 e. The SMILES string of the molecule is O=C1c2c(c(=O)[nH]c3ccccc23)CN1Cc1ccccc1. The Morgan fingerprint density at radius 3 is 2.50 bits per heavy atom. The van der Waals surface area contributed by atoms with Crippen LogP contribution in [-0.4, -0.2) is 15.8 Å². The summed E-state index contributed by atoms with van der Waals surface area (Å²) in [5.41, 5.74) is 2.72. The molecule has 4 heteroatoms. The Morgan fingerprint density at radius 2 is 1.68 bits per heavy atom. The van der Waals surface area contributed by atoms with Gasteiger partial charge >= 0.3 is 0 Å². The highest BCUT2D eigenvalue weighted by atomic mass is 16.2. The van der Waals surface area contributed by atoms with Gasteiger partial charge in [0.2, 0.25) is 0 Å². The van der Waals surface area contributed by atoms with Crippen molar-refractivity contribution in [3.8, 4) is 0 Å². The first-order valence-corrected chi connectivity index (χ1v) is 7.21. The van der Waals surface area contributed by atoms with E-state index >= 15 is 0 Å². The lowest BCUT2D eigenvalue weighted by atomic mass is 10.1. The minimum atomic E-state index is -0.169. The van der Waals surface area contributed by atoms with Gasteiger partial charge in [-0.15, -0.1) is 0 Å². The summed E-state index contributed by atoms with van der Waals surface area (Å²) in [6, 6.07) is 17.3. The lowest BCUT2D eigenvalue weighted by molar-refractivity contribution is 0.0768. The van der Waals surface area contributed by atoms with Crippen LogP contribution in [0, 0.1) is 0 Å². The van der Waals surface area contributed by atoms with Crippen molar-refractivity contribution in [2.24, 2.45) is 0 Å². The molecule has 0 saturated heterocycles. The van der Waals surface area contributed by atoms with Crippen LogP contribution in [0.15, 0.2) is 59.4 Å². The first kappa shape index (κ1) is 12.8. The third-order valence-electron chi connectivity index (χ3n) is 4.09. The molecule has 1 aromatic heterocycles. The molecule has 2 aromatic carbocycles. The van der Waals surface area contributed by atoms with Gasteiger partial charge in [-0.05, 0) is 11.6 Å². The van der Waals surface area contributed by atoms with Crippen molar-refractivity contribution in [2.45, 2.75) is 13.1 Å². The molecule has 1 amide bonds. The number of hydrogen-bond donors (Lipinski definition) is 1. The highest BCUT2D eigenvalue weighted by molar-refractivity contribution is 6.09. The highest BCUT2D eigenvalue weighted by Crippen LogP contribution is 2.27. The summed E-state index contributed by atoms with van der Waals surface area (Å²) in [4.78, 5) is 29.6. The summed E-state index contributed by atoms with van der Waals surface area (Å²) in [5, 5.41) is 0.817. The molecule has 0 aliphatic carbocycles. The van der Waals surface area contributed by atoms with Gasteiger partial charge in [-0.2, -0.15) is 0 Å². The number of para-hydroxylation sites is 1. The Hall–Kier alpha value is -2.88. The standard InChI is InChI=1S/C18H14N2O2/c21-17-14-11-20(10-12-6-2-1-3-7-12)18(22)16(14)13-8-4-5-9-15(13)19-17/h1-9H,10-11H2,(H,19,21). The van der Waals surface area contributed by atoms with E-state index in [9.17, 15) is 9.59 Å². The van der Waals surface area contributed by atoms with Crippen molar-refractivity contribution < 1.29 is 4.79 Å². The number of amides is 1. The number of fused-ring (bicyclic) bond motifs is 3. The maximum atomic E-state index is 12.7. The van der Waals surface area contributed by atoms with E-state index in [0.29, 0.717) is 29.7 Å². The predicted octanol–water partition coefficient (Wildman–Crippen LogP) is 2.68. The molecule has 1 N–H and O–H groups in total. The smallest absolute Gasteiger partial charge is 0.255 e. The zero-order valence-electron chi connectivity index (χ0n) is 11.9. The van der Waals surface area contributed by atoms with Crippen LogP contribution in [-0.2, 0) is 13.1 Å². The molecule has 0 fully saturated rings. The maximum Gasteiger partial charge on any atom is 0.255 e. The molecule has 0 atom stereocenters.